The van der Waals surface area contributed by atoms with Crippen molar-refractivity contribution in [2.45, 2.75) is 26.7 Å². The predicted molar refractivity (Wildman–Crippen MR) is 40.4 cm³/mol. The van der Waals surface area contributed by atoms with E-state index < -0.39 is 0 Å². The summed E-state index contributed by atoms with van der Waals surface area (Å²) >= 11 is 0. The normalized spacial score (nSPS) is 10.0. The first-order valence-electron chi connectivity index (χ1n) is 3.61. The first kappa shape index (κ1) is 9.47. The second kappa shape index (κ2) is 5.27. The van der Waals surface area contributed by atoms with Crippen LogP contribution < -0.4 is 0 Å². The number of hydrogen-bond donors (Lipinski definition) is 0. The second-order valence-corrected chi connectivity index (χ2v) is 2.68. The molecular weight excluding hydrogens is 128 g/mol. The zero-order valence-corrected chi connectivity index (χ0v) is 6.72. The molecule has 0 rings (SSSR count). The molecule has 59 valence electrons. The highest BCUT2D eigenvalue weighted by Gasteiger charge is 2.01. The van der Waals surface area contributed by atoms with Gasteiger partial charge in [0.15, 0.2) is 0 Å². The molecule has 2 nitrogen and oxygen atoms in total. The van der Waals surface area contributed by atoms with E-state index in [1.54, 1.807) is 0 Å². The maximum Gasteiger partial charge on any atom is 0.305 e. The van der Waals surface area contributed by atoms with Crippen LogP contribution in [0.1, 0.15) is 26.7 Å². The molecule has 2 heteroatoms. The van der Waals surface area contributed by atoms with Crippen LogP contribution in [0.3, 0.4) is 0 Å². The summed E-state index contributed by atoms with van der Waals surface area (Å²) in [5.74, 6) is 0.289. The molecule has 0 aliphatic heterocycles. The lowest BCUT2D eigenvalue weighted by Gasteiger charge is -2.05. The molecule has 0 spiro atoms. The number of carbonyl (C=O) groups excluding carboxylic acids is 1. The molecule has 0 heterocycles. The molecule has 0 unspecified atom stereocenters. The first-order valence-corrected chi connectivity index (χ1v) is 3.61. The van der Waals surface area contributed by atoms with Gasteiger partial charge in [0.2, 0.25) is 0 Å². The molecule has 0 N–H and O–H groups in total. The van der Waals surface area contributed by atoms with Crippen LogP contribution >= 0.6 is 0 Å². The van der Waals surface area contributed by atoms with Gasteiger partial charge < -0.3 is 4.74 Å². The van der Waals surface area contributed by atoms with Crippen molar-refractivity contribution in [3.05, 3.63) is 6.92 Å². The van der Waals surface area contributed by atoms with E-state index in [1.807, 2.05) is 13.8 Å². The van der Waals surface area contributed by atoms with Gasteiger partial charge in [-0.15, -0.1) is 0 Å². The fraction of sp³-hybridized carbons (Fsp3) is 0.750. The van der Waals surface area contributed by atoms with E-state index in [0.29, 0.717) is 25.4 Å². The van der Waals surface area contributed by atoms with E-state index in [0.717, 1.165) is 0 Å². The van der Waals surface area contributed by atoms with Gasteiger partial charge in [-0.2, -0.15) is 0 Å². The van der Waals surface area contributed by atoms with Crippen LogP contribution in [-0.4, -0.2) is 12.6 Å². The van der Waals surface area contributed by atoms with Crippen LogP contribution in [0, 0.1) is 12.8 Å². The van der Waals surface area contributed by atoms with Crippen LogP contribution in [0.4, 0.5) is 0 Å². The Morgan fingerprint density at radius 3 is 2.60 bits per heavy atom. The largest absolute Gasteiger partial charge is 0.465 e. The number of ether oxygens (including phenoxy) is 1. The van der Waals surface area contributed by atoms with Crippen molar-refractivity contribution in [2.24, 2.45) is 5.92 Å². The number of esters is 1. The highest BCUT2D eigenvalue weighted by molar-refractivity contribution is 5.69. The Balaban J connectivity index is 3.22. The lowest BCUT2D eigenvalue weighted by atomic mass is 10.2. The summed E-state index contributed by atoms with van der Waals surface area (Å²) < 4.78 is 4.86. The first-order chi connectivity index (χ1) is 4.66. The van der Waals surface area contributed by atoms with Crippen molar-refractivity contribution < 1.29 is 9.53 Å². The standard InChI is InChI=1S/C8H15O2/c1-4-5-8(9)10-6-7(2)3/h7H,1,4-6H2,2-3H3. The molecule has 0 aromatic heterocycles. The number of rotatable bonds is 4. The number of hydrogen-bond acceptors (Lipinski definition) is 2. The van der Waals surface area contributed by atoms with Crippen molar-refractivity contribution in [3.63, 3.8) is 0 Å². The maximum absolute atomic E-state index is 10.7. The van der Waals surface area contributed by atoms with Crippen LogP contribution in [0.5, 0.6) is 0 Å². The van der Waals surface area contributed by atoms with Gasteiger partial charge in [0, 0.05) is 6.42 Å². The lowest BCUT2D eigenvalue weighted by molar-refractivity contribution is -0.144. The molecule has 10 heavy (non-hydrogen) atoms. The number of carbonyl (C=O) groups is 1. The van der Waals surface area contributed by atoms with Crippen molar-refractivity contribution in [1.82, 2.24) is 0 Å². The third-order valence-corrected chi connectivity index (χ3v) is 0.959. The summed E-state index contributed by atoms with van der Waals surface area (Å²) in [6, 6.07) is 0. The Bertz CT molecular complexity index is 97.4. The van der Waals surface area contributed by atoms with Gasteiger partial charge in [-0.25, -0.2) is 0 Å². The molecule has 0 aliphatic rings. The van der Waals surface area contributed by atoms with Gasteiger partial charge in [-0.3, -0.25) is 4.79 Å². The van der Waals surface area contributed by atoms with Gasteiger partial charge in [0.1, 0.15) is 0 Å². The summed E-state index contributed by atoms with van der Waals surface area (Å²) in [7, 11) is 0. The molecule has 0 atom stereocenters. The summed E-state index contributed by atoms with van der Waals surface area (Å²) in [5, 5.41) is 0. The average molecular weight is 143 g/mol. The predicted octanol–water partition coefficient (Wildman–Crippen LogP) is 1.80. The summed E-state index contributed by atoms with van der Waals surface area (Å²) in [4.78, 5) is 10.7. The highest BCUT2D eigenvalue weighted by atomic mass is 16.5. The van der Waals surface area contributed by atoms with Gasteiger partial charge in [0.05, 0.1) is 6.61 Å². The maximum atomic E-state index is 10.7. The Hall–Kier alpha value is -0.530. The van der Waals surface area contributed by atoms with Crippen molar-refractivity contribution in [3.8, 4) is 0 Å². The van der Waals surface area contributed by atoms with E-state index >= 15 is 0 Å². The quantitative estimate of drug-likeness (QED) is 0.561. The van der Waals surface area contributed by atoms with E-state index in [4.69, 9.17) is 4.74 Å². The molecular formula is C8H15O2. The Morgan fingerprint density at radius 1 is 1.60 bits per heavy atom. The van der Waals surface area contributed by atoms with Crippen LogP contribution in [0.2, 0.25) is 0 Å². The summed E-state index contributed by atoms with van der Waals surface area (Å²) in [5.41, 5.74) is 0. The molecule has 1 radical (unpaired) electrons. The smallest absolute Gasteiger partial charge is 0.305 e. The lowest BCUT2D eigenvalue weighted by Crippen LogP contribution is -2.08. The highest BCUT2D eigenvalue weighted by Crippen LogP contribution is 1.96. The minimum absolute atomic E-state index is 0.135. The van der Waals surface area contributed by atoms with Gasteiger partial charge >= 0.3 is 5.97 Å². The summed E-state index contributed by atoms with van der Waals surface area (Å²) in [6.07, 6.45) is 1.06. The van der Waals surface area contributed by atoms with Crippen LogP contribution in [0.15, 0.2) is 0 Å². The molecule has 0 aliphatic carbocycles. The molecule has 0 fully saturated rings. The molecule has 0 saturated carbocycles. The fourth-order valence-corrected chi connectivity index (χ4v) is 0.476. The summed E-state index contributed by atoms with van der Waals surface area (Å²) in [6.45, 7) is 8.10. The zero-order valence-electron chi connectivity index (χ0n) is 6.72. The fourth-order valence-electron chi connectivity index (χ4n) is 0.476. The minimum atomic E-state index is -0.135. The van der Waals surface area contributed by atoms with Gasteiger partial charge in [-0.1, -0.05) is 20.8 Å². The van der Waals surface area contributed by atoms with Crippen LogP contribution in [-0.2, 0) is 9.53 Å². The molecule has 0 aromatic rings. The zero-order chi connectivity index (χ0) is 7.98. The SMILES string of the molecule is [CH2]CCC(=O)OCC(C)C. The topological polar surface area (TPSA) is 26.3 Å². The minimum Gasteiger partial charge on any atom is -0.465 e. The monoisotopic (exact) mass is 143 g/mol. The second-order valence-electron chi connectivity index (χ2n) is 2.68. The molecule has 0 bridgehead atoms. The van der Waals surface area contributed by atoms with E-state index in [9.17, 15) is 4.79 Å². The molecule has 0 saturated heterocycles. The Kier molecular flexibility index (Phi) is 4.99. The average Bonchev–Trinajstić information content (AvgIpc) is 1.85. The van der Waals surface area contributed by atoms with E-state index in [2.05, 4.69) is 6.92 Å². The van der Waals surface area contributed by atoms with E-state index in [1.165, 1.54) is 0 Å². The Morgan fingerprint density at radius 2 is 2.20 bits per heavy atom. The third-order valence-electron chi connectivity index (χ3n) is 0.959. The molecule has 0 aromatic carbocycles. The van der Waals surface area contributed by atoms with Crippen LogP contribution in [0.25, 0.3) is 0 Å². The van der Waals surface area contributed by atoms with Crippen molar-refractivity contribution in [1.29, 1.82) is 0 Å². The third kappa shape index (κ3) is 5.60. The van der Waals surface area contributed by atoms with Gasteiger partial charge in [0.25, 0.3) is 0 Å². The van der Waals surface area contributed by atoms with Crippen molar-refractivity contribution >= 4 is 5.97 Å². The molecule has 0 amide bonds. The van der Waals surface area contributed by atoms with Crippen molar-refractivity contribution in [2.75, 3.05) is 6.61 Å². The van der Waals surface area contributed by atoms with Gasteiger partial charge in [-0.05, 0) is 12.3 Å². The van der Waals surface area contributed by atoms with E-state index in [-0.39, 0.29) is 5.97 Å². The Labute approximate surface area is 62.6 Å².